The third kappa shape index (κ3) is 8.11. The molecule has 0 saturated heterocycles. The van der Waals surface area contributed by atoms with Crippen LogP contribution in [0.25, 0.3) is 0 Å². The summed E-state index contributed by atoms with van der Waals surface area (Å²) in [5.74, 6) is -2.49. The summed E-state index contributed by atoms with van der Waals surface area (Å²) < 4.78 is 18.5. The number of carbonyl (C=O) groups is 2. The highest BCUT2D eigenvalue weighted by Gasteiger charge is 2.65. The molecule has 3 saturated carbocycles. The maximum Gasteiger partial charge on any atom is 0.312 e. The van der Waals surface area contributed by atoms with Crippen molar-refractivity contribution in [2.24, 2.45) is 34.5 Å². The van der Waals surface area contributed by atoms with Gasteiger partial charge < -0.3 is 19.3 Å². The molecule has 7 nitrogen and oxygen atoms in total. The zero-order valence-electron chi connectivity index (χ0n) is 31.7. The minimum Gasteiger partial charge on any atom is -0.460 e. The summed E-state index contributed by atoms with van der Waals surface area (Å²) in [6.07, 6.45) is 4.32. The number of benzene rings is 2. The highest BCUT2D eigenvalue weighted by molar-refractivity contribution is 6.30. The van der Waals surface area contributed by atoms with Crippen LogP contribution in [-0.2, 0) is 30.3 Å². The van der Waals surface area contributed by atoms with Crippen LogP contribution in [-0.4, -0.2) is 58.9 Å². The van der Waals surface area contributed by atoms with Gasteiger partial charge in [0.1, 0.15) is 11.2 Å². The summed E-state index contributed by atoms with van der Waals surface area (Å²) in [7, 11) is 1.84. The van der Waals surface area contributed by atoms with Gasteiger partial charge in [-0.2, -0.15) is 0 Å². The van der Waals surface area contributed by atoms with E-state index in [-0.39, 0.29) is 28.9 Å². The molecule has 2 bridgehead atoms. The fourth-order valence-electron chi connectivity index (χ4n) is 9.67. The molecule has 8 atom stereocenters. The van der Waals surface area contributed by atoms with Gasteiger partial charge >= 0.3 is 11.9 Å². The first kappa shape index (κ1) is 38.8. The van der Waals surface area contributed by atoms with E-state index in [9.17, 15) is 14.7 Å². The molecule has 3 fully saturated rings. The van der Waals surface area contributed by atoms with Gasteiger partial charge in [-0.3, -0.25) is 14.5 Å². The predicted octanol–water partition coefficient (Wildman–Crippen LogP) is 8.80. The van der Waals surface area contributed by atoms with E-state index in [1.54, 1.807) is 24.3 Å². The number of halogens is 1. The van der Waals surface area contributed by atoms with Gasteiger partial charge in [0.05, 0.1) is 24.0 Å². The van der Waals surface area contributed by atoms with E-state index >= 15 is 0 Å². The zero-order valence-corrected chi connectivity index (χ0v) is 32.5. The maximum absolute atomic E-state index is 14.7. The minimum atomic E-state index is -1.21. The molecule has 0 aromatic heterocycles. The predicted molar refractivity (Wildman–Crippen MR) is 197 cm³/mol. The summed E-state index contributed by atoms with van der Waals surface area (Å²) in [4.78, 5) is 31.6. The highest BCUT2D eigenvalue weighted by Crippen LogP contribution is 2.67. The van der Waals surface area contributed by atoms with Crippen LogP contribution in [0.3, 0.4) is 0 Å². The number of carbonyl (C=O) groups excluding carboxylic acids is 2. The van der Waals surface area contributed by atoms with Gasteiger partial charge in [-0.05, 0) is 114 Å². The van der Waals surface area contributed by atoms with Crippen molar-refractivity contribution in [3.05, 3.63) is 70.7 Å². The minimum absolute atomic E-state index is 0.0575. The SMILES string of the molecule is CO[C@H]1CC2CCC1(CN(Cc1ccccc1)[C@@H]1CCC[C@H]([C@H](C(=O)OC(C)(C)C)[C@H](O)c3ccc(Cl)cc3)[C@H]1C(=O)OC(C)(C)C)C2(C)C. The fourth-order valence-corrected chi connectivity index (χ4v) is 9.79. The molecule has 0 aliphatic heterocycles. The van der Waals surface area contributed by atoms with E-state index < -0.39 is 41.0 Å². The molecule has 3 aliphatic rings. The van der Waals surface area contributed by atoms with Crippen LogP contribution >= 0.6 is 11.6 Å². The van der Waals surface area contributed by atoms with Crippen LogP contribution in [0.2, 0.25) is 5.02 Å². The Morgan fingerprint density at radius 3 is 2.16 bits per heavy atom. The second-order valence-electron chi connectivity index (χ2n) is 17.7. The lowest BCUT2D eigenvalue weighted by molar-refractivity contribution is -0.179. The standard InChI is InChI=1S/C42H60ClNO6/c1-39(2,3)49-37(46)34-31(35(38(47)50-40(4,5)6)36(45)28-18-20-30(43)21-19-28)16-13-17-32(34)44(25-27-14-11-10-12-15-27)26-42-23-22-29(41(42,7)8)24-33(42)48-9/h10-12,14-15,18-21,29,31-36,45H,13,16-17,22-26H2,1-9H3/t29?,31-,32+,33-,34+,35-,36+,42?/m0/s1. The second-order valence-corrected chi connectivity index (χ2v) is 18.2. The first-order valence-electron chi connectivity index (χ1n) is 18.6. The van der Waals surface area contributed by atoms with Gasteiger partial charge in [-0.1, -0.05) is 74.3 Å². The van der Waals surface area contributed by atoms with Gasteiger partial charge in [0.25, 0.3) is 0 Å². The van der Waals surface area contributed by atoms with Crippen molar-refractivity contribution in [1.29, 1.82) is 0 Å². The number of hydrogen-bond acceptors (Lipinski definition) is 7. The Morgan fingerprint density at radius 1 is 0.940 bits per heavy atom. The molecule has 1 N–H and O–H groups in total. The van der Waals surface area contributed by atoms with Crippen molar-refractivity contribution in [3.8, 4) is 0 Å². The maximum atomic E-state index is 14.7. The molecule has 0 spiro atoms. The number of aliphatic hydroxyl groups is 1. The van der Waals surface area contributed by atoms with E-state index in [1.165, 1.54) is 6.42 Å². The van der Waals surface area contributed by atoms with Crippen molar-refractivity contribution in [1.82, 2.24) is 4.90 Å². The number of rotatable bonds is 11. The summed E-state index contributed by atoms with van der Waals surface area (Å²) in [6.45, 7) is 17.4. The van der Waals surface area contributed by atoms with Crippen molar-refractivity contribution >= 4 is 23.5 Å². The number of nitrogens with zero attached hydrogens (tertiary/aromatic N) is 1. The molecule has 2 unspecified atom stereocenters. The molecule has 0 amide bonds. The van der Waals surface area contributed by atoms with Gasteiger partial charge in [0.15, 0.2) is 0 Å². The Labute approximate surface area is 305 Å². The summed E-state index contributed by atoms with van der Waals surface area (Å²) in [6, 6.07) is 17.1. The quantitative estimate of drug-likeness (QED) is 0.234. The van der Waals surface area contributed by atoms with Crippen molar-refractivity contribution < 1.29 is 28.9 Å². The summed E-state index contributed by atoms with van der Waals surface area (Å²) >= 11 is 6.23. The largest absolute Gasteiger partial charge is 0.460 e. The molecular formula is C42H60ClNO6. The van der Waals surface area contributed by atoms with Crippen molar-refractivity contribution in [2.75, 3.05) is 13.7 Å². The third-order valence-corrected chi connectivity index (χ3v) is 12.4. The third-order valence-electron chi connectivity index (χ3n) is 12.1. The van der Waals surface area contributed by atoms with Gasteiger partial charge in [-0.25, -0.2) is 0 Å². The molecule has 0 radical (unpaired) electrons. The second kappa shape index (κ2) is 14.9. The van der Waals surface area contributed by atoms with Crippen LogP contribution in [0.15, 0.2) is 54.6 Å². The number of hydrogen-bond donors (Lipinski definition) is 1. The Balaban J connectivity index is 1.63. The average Bonchev–Trinajstić information content (AvgIpc) is 3.39. The molecule has 8 heteroatoms. The number of ether oxygens (including phenoxy) is 3. The molecule has 2 aromatic rings. The number of fused-ring (bicyclic) bond motifs is 2. The van der Waals surface area contributed by atoms with Crippen LogP contribution in [0.5, 0.6) is 0 Å². The van der Waals surface area contributed by atoms with E-state index in [1.807, 2.05) is 54.7 Å². The summed E-state index contributed by atoms with van der Waals surface area (Å²) in [5, 5.41) is 12.6. The molecule has 5 rings (SSSR count). The number of methoxy groups -OCH3 is 1. The molecule has 50 heavy (non-hydrogen) atoms. The topological polar surface area (TPSA) is 85.3 Å². The first-order valence-corrected chi connectivity index (χ1v) is 18.9. The van der Waals surface area contributed by atoms with Crippen LogP contribution in [0, 0.1) is 34.5 Å². The van der Waals surface area contributed by atoms with Crippen LogP contribution in [0.4, 0.5) is 0 Å². The Bertz CT molecular complexity index is 1460. The van der Waals surface area contributed by atoms with E-state index in [0.29, 0.717) is 29.5 Å². The van der Waals surface area contributed by atoms with Crippen LogP contribution in [0.1, 0.15) is 111 Å². The smallest absolute Gasteiger partial charge is 0.312 e. The Kier molecular flexibility index (Phi) is 11.5. The fraction of sp³-hybridized carbons (Fsp3) is 0.667. The van der Waals surface area contributed by atoms with E-state index in [0.717, 1.165) is 37.8 Å². The molecular weight excluding hydrogens is 650 g/mol. The molecule has 276 valence electrons. The Morgan fingerprint density at radius 2 is 1.58 bits per heavy atom. The van der Waals surface area contributed by atoms with Gasteiger partial charge in [0.2, 0.25) is 0 Å². The number of aliphatic hydroxyl groups excluding tert-OH is 1. The molecule has 3 aliphatic carbocycles. The van der Waals surface area contributed by atoms with E-state index in [4.69, 9.17) is 25.8 Å². The molecule has 0 heterocycles. The van der Waals surface area contributed by atoms with E-state index in [2.05, 4.69) is 43.0 Å². The van der Waals surface area contributed by atoms with Gasteiger partial charge in [-0.15, -0.1) is 0 Å². The Hall–Kier alpha value is -2.45. The lowest BCUT2D eigenvalue weighted by Crippen LogP contribution is -2.57. The normalized spacial score (nSPS) is 29.1. The van der Waals surface area contributed by atoms with Gasteiger partial charge in [0, 0.05) is 36.7 Å². The number of esters is 2. The lowest BCUT2D eigenvalue weighted by atomic mass is 9.65. The highest BCUT2D eigenvalue weighted by atomic mass is 35.5. The van der Waals surface area contributed by atoms with Crippen molar-refractivity contribution in [2.45, 2.75) is 130 Å². The van der Waals surface area contributed by atoms with Crippen molar-refractivity contribution in [3.63, 3.8) is 0 Å². The monoisotopic (exact) mass is 709 g/mol. The summed E-state index contributed by atoms with van der Waals surface area (Å²) in [5.41, 5.74) is 0.157. The molecule has 2 aromatic carbocycles. The zero-order chi connectivity index (χ0) is 36.6. The first-order chi connectivity index (χ1) is 23.4. The van der Waals surface area contributed by atoms with Crippen LogP contribution < -0.4 is 0 Å². The lowest BCUT2D eigenvalue weighted by Gasteiger charge is -2.51. The average molecular weight is 710 g/mol.